The van der Waals surface area contributed by atoms with Crippen LogP contribution < -0.4 is 10.6 Å². The molecule has 1 aromatic heterocycles. The SMILES string of the molecule is CN(C)CCCNc1ccc(NC(=O)c2ccc(Cl)c(Cl)c2)nc1. The van der Waals surface area contributed by atoms with Crippen molar-refractivity contribution in [2.45, 2.75) is 6.42 Å². The van der Waals surface area contributed by atoms with Crippen molar-refractivity contribution in [1.82, 2.24) is 9.88 Å². The molecule has 5 nitrogen and oxygen atoms in total. The van der Waals surface area contributed by atoms with Gasteiger partial charge < -0.3 is 15.5 Å². The molecule has 7 heteroatoms. The minimum atomic E-state index is -0.284. The number of nitrogens with zero attached hydrogens (tertiary/aromatic N) is 2. The molecule has 1 heterocycles. The lowest BCUT2D eigenvalue weighted by Gasteiger charge is -2.11. The van der Waals surface area contributed by atoms with Crippen molar-refractivity contribution in [3.63, 3.8) is 0 Å². The number of rotatable bonds is 7. The maximum atomic E-state index is 12.2. The molecule has 24 heavy (non-hydrogen) atoms. The van der Waals surface area contributed by atoms with Gasteiger partial charge in [0.2, 0.25) is 0 Å². The third kappa shape index (κ3) is 5.67. The first kappa shape index (κ1) is 18.5. The molecule has 0 aliphatic heterocycles. The fourth-order valence-electron chi connectivity index (χ4n) is 2.03. The second-order valence-electron chi connectivity index (χ2n) is 5.60. The van der Waals surface area contributed by atoms with E-state index >= 15 is 0 Å². The van der Waals surface area contributed by atoms with Crippen LogP contribution in [-0.4, -0.2) is 43.0 Å². The summed E-state index contributed by atoms with van der Waals surface area (Å²) in [6.45, 7) is 1.90. The zero-order chi connectivity index (χ0) is 17.5. The molecule has 2 rings (SSSR count). The van der Waals surface area contributed by atoms with E-state index in [0.717, 1.165) is 25.2 Å². The molecular formula is C17H20Cl2N4O. The van der Waals surface area contributed by atoms with E-state index in [4.69, 9.17) is 23.2 Å². The van der Waals surface area contributed by atoms with Crippen LogP contribution in [0, 0.1) is 0 Å². The molecule has 0 unspecified atom stereocenters. The fraction of sp³-hybridized carbons (Fsp3) is 0.294. The molecule has 0 radical (unpaired) electrons. The van der Waals surface area contributed by atoms with E-state index in [1.54, 1.807) is 24.4 Å². The first-order valence-electron chi connectivity index (χ1n) is 7.57. The van der Waals surface area contributed by atoms with Gasteiger partial charge >= 0.3 is 0 Å². The summed E-state index contributed by atoms with van der Waals surface area (Å²) in [5, 5.41) is 6.78. The van der Waals surface area contributed by atoms with Crippen LogP contribution in [0.5, 0.6) is 0 Å². The highest BCUT2D eigenvalue weighted by Crippen LogP contribution is 2.23. The number of benzene rings is 1. The van der Waals surface area contributed by atoms with Crippen molar-refractivity contribution in [3.8, 4) is 0 Å². The van der Waals surface area contributed by atoms with Gasteiger partial charge in [0.25, 0.3) is 5.91 Å². The van der Waals surface area contributed by atoms with E-state index in [1.165, 1.54) is 6.07 Å². The third-order valence-electron chi connectivity index (χ3n) is 3.30. The van der Waals surface area contributed by atoms with Crippen molar-refractivity contribution in [3.05, 3.63) is 52.1 Å². The smallest absolute Gasteiger partial charge is 0.256 e. The van der Waals surface area contributed by atoms with Gasteiger partial charge in [-0.25, -0.2) is 4.98 Å². The summed E-state index contributed by atoms with van der Waals surface area (Å²) >= 11 is 11.8. The normalized spacial score (nSPS) is 10.7. The number of aromatic nitrogens is 1. The Labute approximate surface area is 152 Å². The summed E-state index contributed by atoms with van der Waals surface area (Å²) in [5.41, 5.74) is 1.35. The number of carbonyl (C=O) groups is 1. The van der Waals surface area contributed by atoms with Crippen LogP contribution in [0.1, 0.15) is 16.8 Å². The van der Waals surface area contributed by atoms with Gasteiger partial charge in [-0.05, 0) is 57.4 Å². The number of carbonyl (C=O) groups excluding carboxylic acids is 1. The summed E-state index contributed by atoms with van der Waals surface area (Å²) in [6, 6.07) is 8.37. The maximum Gasteiger partial charge on any atom is 0.256 e. The Morgan fingerprint density at radius 2 is 1.96 bits per heavy atom. The Hall–Kier alpha value is -1.82. The summed E-state index contributed by atoms with van der Waals surface area (Å²) in [4.78, 5) is 18.5. The first-order valence-corrected chi connectivity index (χ1v) is 8.32. The van der Waals surface area contributed by atoms with Gasteiger partial charge in [-0.1, -0.05) is 23.2 Å². The topological polar surface area (TPSA) is 57.3 Å². The van der Waals surface area contributed by atoms with Crippen LogP contribution in [0.2, 0.25) is 10.0 Å². The molecule has 128 valence electrons. The van der Waals surface area contributed by atoms with Crippen molar-refractivity contribution in [2.75, 3.05) is 37.8 Å². The molecule has 0 fully saturated rings. The average molecular weight is 367 g/mol. The quantitative estimate of drug-likeness (QED) is 0.727. The van der Waals surface area contributed by atoms with Crippen molar-refractivity contribution < 1.29 is 4.79 Å². The van der Waals surface area contributed by atoms with E-state index in [0.29, 0.717) is 21.4 Å². The second-order valence-corrected chi connectivity index (χ2v) is 6.41. The number of halogens is 2. The van der Waals surface area contributed by atoms with E-state index in [2.05, 4.69) is 20.5 Å². The highest BCUT2D eigenvalue weighted by atomic mass is 35.5. The minimum absolute atomic E-state index is 0.284. The summed E-state index contributed by atoms with van der Waals surface area (Å²) < 4.78 is 0. The van der Waals surface area contributed by atoms with E-state index in [9.17, 15) is 4.79 Å². The Morgan fingerprint density at radius 3 is 2.58 bits per heavy atom. The van der Waals surface area contributed by atoms with Gasteiger partial charge in [-0.2, -0.15) is 0 Å². The molecule has 2 N–H and O–H groups in total. The Balaban J connectivity index is 1.88. The van der Waals surface area contributed by atoms with Crippen molar-refractivity contribution in [2.24, 2.45) is 0 Å². The maximum absolute atomic E-state index is 12.2. The summed E-state index contributed by atoms with van der Waals surface area (Å²) in [7, 11) is 4.10. The molecule has 0 aliphatic carbocycles. The Kier molecular flexibility index (Phi) is 6.85. The van der Waals surface area contributed by atoms with Gasteiger partial charge in [-0.15, -0.1) is 0 Å². The Bertz CT molecular complexity index is 689. The van der Waals surface area contributed by atoms with Gasteiger partial charge in [0.15, 0.2) is 0 Å². The van der Waals surface area contributed by atoms with Crippen LogP contribution >= 0.6 is 23.2 Å². The highest BCUT2D eigenvalue weighted by molar-refractivity contribution is 6.42. The van der Waals surface area contributed by atoms with E-state index in [1.807, 2.05) is 20.2 Å². The number of nitrogens with one attached hydrogen (secondary N) is 2. The number of pyridine rings is 1. The molecule has 0 aliphatic rings. The van der Waals surface area contributed by atoms with Gasteiger partial charge in [0, 0.05) is 12.1 Å². The van der Waals surface area contributed by atoms with Crippen LogP contribution in [-0.2, 0) is 0 Å². The monoisotopic (exact) mass is 366 g/mol. The molecular weight excluding hydrogens is 347 g/mol. The van der Waals surface area contributed by atoms with Crippen LogP contribution in [0.3, 0.4) is 0 Å². The lowest BCUT2D eigenvalue weighted by molar-refractivity contribution is 0.102. The van der Waals surface area contributed by atoms with Crippen LogP contribution in [0.4, 0.5) is 11.5 Å². The summed E-state index contributed by atoms with van der Waals surface area (Å²) in [6.07, 6.45) is 2.74. The van der Waals surface area contributed by atoms with E-state index in [-0.39, 0.29) is 5.91 Å². The zero-order valence-corrected chi connectivity index (χ0v) is 15.2. The fourth-order valence-corrected chi connectivity index (χ4v) is 2.32. The zero-order valence-electron chi connectivity index (χ0n) is 13.6. The predicted molar refractivity (Wildman–Crippen MR) is 100 cm³/mol. The predicted octanol–water partition coefficient (Wildman–Crippen LogP) is 4.00. The lowest BCUT2D eigenvalue weighted by Crippen LogP contribution is -2.16. The molecule has 0 bridgehead atoms. The van der Waals surface area contributed by atoms with Gasteiger partial charge in [-0.3, -0.25) is 4.79 Å². The third-order valence-corrected chi connectivity index (χ3v) is 4.04. The molecule has 1 aromatic carbocycles. The number of hydrogen-bond acceptors (Lipinski definition) is 4. The number of anilines is 2. The molecule has 0 spiro atoms. The molecule has 2 aromatic rings. The van der Waals surface area contributed by atoms with Crippen molar-refractivity contribution in [1.29, 1.82) is 0 Å². The minimum Gasteiger partial charge on any atom is -0.384 e. The largest absolute Gasteiger partial charge is 0.384 e. The molecule has 0 saturated heterocycles. The average Bonchev–Trinajstić information content (AvgIpc) is 2.55. The van der Waals surface area contributed by atoms with Crippen LogP contribution in [0.25, 0.3) is 0 Å². The summed E-state index contributed by atoms with van der Waals surface area (Å²) in [5.74, 6) is 0.192. The van der Waals surface area contributed by atoms with Crippen molar-refractivity contribution >= 4 is 40.6 Å². The lowest BCUT2D eigenvalue weighted by atomic mass is 10.2. The molecule has 0 atom stereocenters. The standard InChI is InChI=1S/C17H20Cl2N4O/c1-23(2)9-3-8-20-13-5-7-16(21-11-13)22-17(24)12-4-6-14(18)15(19)10-12/h4-7,10-11,20H,3,8-9H2,1-2H3,(H,21,22,24). The van der Waals surface area contributed by atoms with Crippen LogP contribution in [0.15, 0.2) is 36.5 Å². The number of hydrogen-bond donors (Lipinski definition) is 2. The van der Waals surface area contributed by atoms with Gasteiger partial charge in [0.05, 0.1) is 21.9 Å². The second kappa shape index (κ2) is 8.87. The van der Waals surface area contributed by atoms with Gasteiger partial charge in [0.1, 0.15) is 5.82 Å². The molecule has 0 saturated carbocycles. The highest BCUT2D eigenvalue weighted by Gasteiger charge is 2.09. The van der Waals surface area contributed by atoms with E-state index < -0.39 is 0 Å². The Morgan fingerprint density at radius 1 is 1.17 bits per heavy atom. The first-order chi connectivity index (χ1) is 11.5. The molecule has 1 amide bonds. The number of amides is 1.